The number of hydrogen-bond acceptors (Lipinski definition) is 1. The molecule has 1 N–H and O–H groups in total. The zero-order chi connectivity index (χ0) is 11.7. The number of rotatable bonds is 2. The molecule has 2 aromatic carbocycles. The Morgan fingerprint density at radius 1 is 0.941 bits per heavy atom. The van der Waals surface area contributed by atoms with Crippen LogP contribution in [0.1, 0.15) is 28.7 Å². The van der Waals surface area contributed by atoms with Gasteiger partial charge in [-0.15, -0.1) is 0 Å². The Balaban J connectivity index is 1.93. The first-order chi connectivity index (χ1) is 8.33. The summed E-state index contributed by atoms with van der Waals surface area (Å²) in [5.74, 6) is 0.453. The molecule has 0 spiro atoms. The van der Waals surface area contributed by atoms with Gasteiger partial charge in [-0.25, -0.2) is 0 Å². The lowest BCUT2D eigenvalue weighted by molar-refractivity contribution is 0.468. The van der Waals surface area contributed by atoms with Gasteiger partial charge in [-0.05, 0) is 47.6 Å². The standard InChI is InChI=1S/C16H16O/c17-16-11-14-8-4-7-13(14)10-15(16)9-12-5-2-1-3-6-12/h1-3,5-6,10-11,17H,4,7-9H2. The molecule has 0 aliphatic heterocycles. The Bertz CT molecular complexity index is 529. The molecule has 0 bridgehead atoms. The fourth-order valence-corrected chi connectivity index (χ4v) is 2.62. The second-order valence-corrected chi connectivity index (χ2v) is 4.77. The molecule has 0 fully saturated rings. The predicted octanol–water partition coefficient (Wildman–Crippen LogP) is 3.47. The van der Waals surface area contributed by atoms with Crippen molar-refractivity contribution in [2.24, 2.45) is 0 Å². The van der Waals surface area contributed by atoms with Gasteiger partial charge in [0.1, 0.15) is 5.75 Å². The van der Waals surface area contributed by atoms with Crippen molar-refractivity contribution in [2.75, 3.05) is 0 Å². The minimum Gasteiger partial charge on any atom is -0.508 e. The number of fused-ring (bicyclic) bond motifs is 1. The molecule has 1 nitrogen and oxygen atoms in total. The Kier molecular flexibility index (Phi) is 2.60. The first kappa shape index (κ1) is 10.4. The second-order valence-electron chi connectivity index (χ2n) is 4.77. The zero-order valence-electron chi connectivity index (χ0n) is 9.82. The van der Waals surface area contributed by atoms with Gasteiger partial charge in [0.2, 0.25) is 0 Å². The van der Waals surface area contributed by atoms with E-state index in [0.717, 1.165) is 24.8 Å². The Hall–Kier alpha value is -1.76. The smallest absolute Gasteiger partial charge is 0.119 e. The summed E-state index contributed by atoms with van der Waals surface area (Å²) >= 11 is 0. The van der Waals surface area contributed by atoms with E-state index in [2.05, 4.69) is 18.2 Å². The summed E-state index contributed by atoms with van der Waals surface area (Å²) in [7, 11) is 0. The maximum atomic E-state index is 10.0. The third-order valence-electron chi connectivity index (χ3n) is 3.53. The first-order valence-electron chi connectivity index (χ1n) is 6.20. The van der Waals surface area contributed by atoms with Crippen LogP contribution in [0.2, 0.25) is 0 Å². The van der Waals surface area contributed by atoms with E-state index in [1.165, 1.54) is 23.1 Å². The number of aryl methyl sites for hydroxylation is 2. The molecule has 1 aliphatic carbocycles. The van der Waals surface area contributed by atoms with Crippen molar-refractivity contribution in [1.82, 2.24) is 0 Å². The molecule has 2 aromatic rings. The topological polar surface area (TPSA) is 20.2 Å². The highest BCUT2D eigenvalue weighted by Gasteiger charge is 2.14. The van der Waals surface area contributed by atoms with Gasteiger partial charge >= 0.3 is 0 Å². The van der Waals surface area contributed by atoms with Gasteiger partial charge in [0.15, 0.2) is 0 Å². The molecule has 0 saturated carbocycles. The van der Waals surface area contributed by atoms with Crippen molar-refractivity contribution in [2.45, 2.75) is 25.7 Å². The van der Waals surface area contributed by atoms with Gasteiger partial charge in [-0.1, -0.05) is 36.4 Å². The summed E-state index contributed by atoms with van der Waals surface area (Å²) in [6.07, 6.45) is 4.33. The van der Waals surface area contributed by atoms with Gasteiger partial charge in [0.05, 0.1) is 0 Å². The molecule has 17 heavy (non-hydrogen) atoms. The van der Waals surface area contributed by atoms with E-state index in [0.29, 0.717) is 5.75 Å². The molecular weight excluding hydrogens is 208 g/mol. The third kappa shape index (κ3) is 2.05. The molecule has 0 radical (unpaired) electrons. The van der Waals surface area contributed by atoms with Crippen LogP contribution in [0.3, 0.4) is 0 Å². The molecule has 0 unspecified atom stereocenters. The third-order valence-corrected chi connectivity index (χ3v) is 3.53. The lowest BCUT2D eigenvalue weighted by Crippen LogP contribution is -1.92. The number of aromatic hydroxyl groups is 1. The van der Waals surface area contributed by atoms with Crippen LogP contribution in [0.4, 0.5) is 0 Å². The van der Waals surface area contributed by atoms with E-state index in [1.54, 1.807) is 0 Å². The van der Waals surface area contributed by atoms with Gasteiger partial charge in [-0.3, -0.25) is 0 Å². The molecule has 0 saturated heterocycles. The molecule has 1 aliphatic rings. The highest BCUT2D eigenvalue weighted by molar-refractivity contribution is 5.45. The summed E-state index contributed by atoms with van der Waals surface area (Å²) in [6.45, 7) is 0. The molecule has 0 atom stereocenters. The van der Waals surface area contributed by atoms with E-state index < -0.39 is 0 Å². The van der Waals surface area contributed by atoms with Gasteiger partial charge in [-0.2, -0.15) is 0 Å². The van der Waals surface area contributed by atoms with E-state index in [9.17, 15) is 5.11 Å². The van der Waals surface area contributed by atoms with Crippen LogP contribution in [0.25, 0.3) is 0 Å². The highest BCUT2D eigenvalue weighted by Crippen LogP contribution is 2.30. The van der Waals surface area contributed by atoms with E-state index >= 15 is 0 Å². The lowest BCUT2D eigenvalue weighted by atomic mass is 9.99. The number of hydrogen-bond donors (Lipinski definition) is 1. The summed E-state index contributed by atoms with van der Waals surface area (Å²) < 4.78 is 0. The van der Waals surface area contributed by atoms with E-state index in [-0.39, 0.29) is 0 Å². The minimum absolute atomic E-state index is 0.453. The Morgan fingerprint density at radius 2 is 1.65 bits per heavy atom. The number of benzene rings is 2. The van der Waals surface area contributed by atoms with Gasteiger partial charge in [0, 0.05) is 6.42 Å². The summed E-state index contributed by atoms with van der Waals surface area (Å²) in [6, 6.07) is 14.5. The first-order valence-corrected chi connectivity index (χ1v) is 6.20. The van der Waals surface area contributed by atoms with Crippen molar-refractivity contribution >= 4 is 0 Å². The van der Waals surface area contributed by atoms with E-state index in [1.807, 2.05) is 24.3 Å². The van der Waals surface area contributed by atoms with Crippen LogP contribution in [0.5, 0.6) is 5.75 Å². The normalized spacial score (nSPS) is 13.6. The van der Waals surface area contributed by atoms with Crippen LogP contribution in [-0.4, -0.2) is 5.11 Å². The number of phenols is 1. The van der Waals surface area contributed by atoms with E-state index in [4.69, 9.17) is 0 Å². The molecule has 0 heterocycles. The van der Waals surface area contributed by atoms with Crippen molar-refractivity contribution in [3.05, 3.63) is 64.7 Å². The SMILES string of the molecule is Oc1cc2c(cc1Cc1ccccc1)CCC2. The quantitative estimate of drug-likeness (QED) is 0.828. The van der Waals surface area contributed by atoms with Crippen LogP contribution in [0, 0.1) is 0 Å². The van der Waals surface area contributed by atoms with Crippen molar-refractivity contribution in [3.63, 3.8) is 0 Å². The maximum absolute atomic E-state index is 10.0. The van der Waals surface area contributed by atoms with Gasteiger partial charge < -0.3 is 5.11 Å². The maximum Gasteiger partial charge on any atom is 0.119 e. The molecule has 3 rings (SSSR count). The molecule has 0 aromatic heterocycles. The molecular formula is C16H16O. The summed E-state index contributed by atoms with van der Waals surface area (Å²) in [5, 5.41) is 10.0. The molecule has 1 heteroatoms. The Morgan fingerprint density at radius 3 is 2.41 bits per heavy atom. The van der Waals surface area contributed by atoms with Crippen LogP contribution in [0.15, 0.2) is 42.5 Å². The van der Waals surface area contributed by atoms with Crippen LogP contribution < -0.4 is 0 Å². The fraction of sp³-hybridized carbons (Fsp3) is 0.250. The number of phenolic OH excluding ortho intramolecular Hbond substituents is 1. The van der Waals surface area contributed by atoms with Gasteiger partial charge in [0.25, 0.3) is 0 Å². The largest absolute Gasteiger partial charge is 0.508 e. The second kappa shape index (κ2) is 4.25. The summed E-state index contributed by atoms with van der Waals surface area (Å²) in [5.41, 5.74) is 5.06. The van der Waals surface area contributed by atoms with Crippen LogP contribution >= 0.6 is 0 Å². The van der Waals surface area contributed by atoms with Crippen molar-refractivity contribution in [3.8, 4) is 5.75 Å². The highest BCUT2D eigenvalue weighted by atomic mass is 16.3. The lowest BCUT2D eigenvalue weighted by Gasteiger charge is -2.08. The molecule has 86 valence electrons. The average molecular weight is 224 g/mol. The minimum atomic E-state index is 0.453. The predicted molar refractivity (Wildman–Crippen MR) is 69.4 cm³/mol. The average Bonchev–Trinajstić information content (AvgIpc) is 2.78. The van der Waals surface area contributed by atoms with Crippen molar-refractivity contribution in [1.29, 1.82) is 0 Å². The monoisotopic (exact) mass is 224 g/mol. The molecule has 0 amide bonds. The zero-order valence-corrected chi connectivity index (χ0v) is 9.82. The van der Waals surface area contributed by atoms with Crippen molar-refractivity contribution < 1.29 is 5.11 Å². The van der Waals surface area contributed by atoms with Crippen LogP contribution in [-0.2, 0) is 19.3 Å². The Labute approximate surface area is 102 Å². The fourth-order valence-electron chi connectivity index (χ4n) is 2.62. The summed E-state index contributed by atoms with van der Waals surface area (Å²) in [4.78, 5) is 0.